The van der Waals surface area contributed by atoms with E-state index in [9.17, 15) is 9.59 Å². The van der Waals surface area contributed by atoms with Crippen molar-refractivity contribution < 1.29 is 9.59 Å². The van der Waals surface area contributed by atoms with E-state index >= 15 is 0 Å². The van der Waals surface area contributed by atoms with E-state index < -0.39 is 0 Å². The highest BCUT2D eigenvalue weighted by Gasteiger charge is 2.05. The van der Waals surface area contributed by atoms with Gasteiger partial charge in [-0.1, -0.05) is 45.4 Å². The van der Waals surface area contributed by atoms with E-state index in [0.717, 1.165) is 25.4 Å². The quantitative estimate of drug-likeness (QED) is 0.399. The lowest BCUT2D eigenvalue weighted by molar-refractivity contribution is -0.115. The zero-order chi connectivity index (χ0) is 10.6. The van der Waals surface area contributed by atoms with Crippen LogP contribution in [0.25, 0.3) is 0 Å². The van der Waals surface area contributed by atoms with Crippen molar-refractivity contribution in [2.24, 2.45) is 5.92 Å². The highest BCUT2D eigenvalue weighted by Crippen LogP contribution is 2.12. The molecule has 0 N–H and O–H groups in total. The van der Waals surface area contributed by atoms with E-state index in [2.05, 4.69) is 6.92 Å². The molecule has 0 radical (unpaired) electrons. The molecule has 0 saturated heterocycles. The van der Waals surface area contributed by atoms with Gasteiger partial charge in [-0.3, -0.25) is 0 Å². The molecule has 0 aromatic heterocycles. The van der Waals surface area contributed by atoms with Gasteiger partial charge in [0.25, 0.3) is 0 Å². The summed E-state index contributed by atoms with van der Waals surface area (Å²) in [4.78, 5) is 20.7. The standard InChI is InChI=1S/C12H22O2/c1-2-3-4-5-6-7-8-12(11-14)9-10-13/h10-12H,2-9H2,1H3. The molecule has 0 aliphatic carbocycles. The van der Waals surface area contributed by atoms with Crippen LogP contribution in [-0.2, 0) is 9.59 Å². The van der Waals surface area contributed by atoms with Crippen molar-refractivity contribution in [2.75, 3.05) is 0 Å². The van der Waals surface area contributed by atoms with Crippen LogP contribution in [0.1, 0.15) is 58.3 Å². The van der Waals surface area contributed by atoms with Crippen molar-refractivity contribution in [1.29, 1.82) is 0 Å². The van der Waals surface area contributed by atoms with Crippen molar-refractivity contribution in [3.63, 3.8) is 0 Å². The molecule has 0 aliphatic heterocycles. The summed E-state index contributed by atoms with van der Waals surface area (Å²) in [6, 6.07) is 0. The third kappa shape index (κ3) is 7.96. The molecule has 0 saturated carbocycles. The van der Waals surface area contributed by atoms with Crippen molar-refractivity contribution >= 4 is 12.6 Å². The molecule has 0 heterocycles. The Morgan fingerprint density at radius 3 is 2.21 bits per heavy atom. The van der Waals surface area contributed by atoms with E-state index in [0.29, 0.717) is 6.42 Å². The van der Waals surface area contributed by atoms with Gasteiger partial charge >= 0.3 is 0 Å². The molecule has 2 heteroatoms. The molecule has 0 spiro atoms. The Hall–Kier alpha value is -0.660. The molecule has 0 amide bonds. The molecule has 0 aliphatic rings. The van der Waals surface area contributed by atoms with Crippen LogP contribution in [-0.4, -0.2) is 12.6 Å². The topological polar surface area (TPSA) is 34.1 Å². The lowest BCUT2D eigenvalue weighted by Crippen LogP contribution is -2.02. The maximum atomic E-state index is 10.5. The first kappa shape index (κ1) is 13.3. The number of unbranched alkanes of at least 4 members (excludes halogenated alkanes) is 5. The van der Waals surface area contributed by atoms with Crippen LogP contribution >= 0.6 is 0 Å². The predicted octanol–water partition coefficient (Wildman–Crippen LogP) is 3.14. The Kier molecular flexibility index (Phi) is 9.93. The van der Waals surface area contributed by atoms with E-state index in [1.54, 1.807) is 0 Å². The summed E-state index contributed by atoms with van der Waals surface area (Å²) in [5.41, 5.74) is 0. The summed E-state index contributed by atoms with van der Waals surface area (Å²) in [7, 11) is 0. The van der Waals surface area contributed by atoms with E-state index in [1.165, 1.54) is 32.1 Å². The minimum absolute atomic E-state index is 0.0290. The summed E-state index contributed by atoms with van der Waals surface area (Å²) in [5.74, 6) is -0.0290. The van der Waals surface area contributed by atoms with Crippen molar-refractivity contribution in [3.05, 3.63) is 0 Å². The van der Waals surface area contributed by atoms with Crippen LogP contribution in [0.4, 0.5) is 0 Å². The highest BCUT2D eigenvalue weighted by atomic mass is 16.1. The van der Waals surface area contributed by atoms with E-state index in [1.807, 2.05) is 0 Å². The van der Waals surface area contributed by atoms with Gasteiger partial charge in [-0.05, 0) is 6.42 Å². The average molecular weight is 198 g/mol. The summed E-state index contributed by atoms with van der Waals surface area (Å²) >= 11 is 0. The number of rotatable bonds is 10. The fourth-order valence-corrected chi connectivity index (χ4v) is 1.55. The van der Waals surface area contributed by atoms with Gasteiger partial charge in [-0.15, -0.1) is 0 Å². The molecule has 0 aromatic carbocycles. The molecule has 0 fully saturated rings. The minimum Gasteiger partial charge on any atom is -0.303 e. The van der Waals surface area contributed by atoms with Gasteiger partial charge in [0.2, 0.25) is 0 Å². The number of hydrogen-bond donors (Lipinski definition) is 0. The normalized spacial score (nSPS) is 12.4. The second-order valence-corrected chi connectivity index (χ2v) is 3.85. The smallest absolute Gasteiger partial charge is 0.123 e. The second-order valence-electron chi connectivity index (χ2n) is 3.85. The largest absolute Gasteiger partial charge is 0.303 e. The Balaban J connectivity index is 3.23. The monoisotopic (exact) mass is 198 g/mol. The molecule has 14 heavy (non-hydrogen) atoms. The van der Waals surface area contributed by atoms with Crippen molar-refractivity contribution in [3.8, 4) is 0 Å². The third-order valence-electron chi connectivity index (χ3n) is 2.52. The van der Waals surface area contributed by atoms with E-state index in [-0.39, 0.29) is 5.92 Å². The van der Waals surface area contributed by atoms with Crippen LogP contribution in [0, 0.1) is 5.92 Å². The highest BCUT2D eigenvalue weighted by molar-refractivity contribution is 5.61. The summed E-state index contributed by atoms with van der Waals surface area (Å²) in [6.45, 7) is 2.20. The molecular formula is C12H22O2. The molecule has 2 nitrogen and oxygen atoms in total. The number of carbonyl (C=O) groups excluding carboxylic acids is 2. The number of aldehydes is 2. The Labute approximate surface area is 87.1 Å². The summed E-state index contributed by atoms with van der Waals surface area (Å²) in [6.07, 6.45) is 10.5. The van der Waals surface area contributed by atoms with Crippen LogP contribution < -0.4 is 0 Å². The van der Waals surface area contributed by atoms with Gasteiger partial charge < -0.3 is 9.59 Å². The Morgan fingerprint density at radius 2 is 1.64 bits per heavy atom. The van der Waals surface area contributed by atoms with Gasteiger partial charge in [0.15, 0.2) is 0 Å². The minimum atomic E-state index is -0.0290. The molecule has 0 rings (SSSR count). The summed E-state index contributed by atoms with van der Waals surface area (Å²) < 4.78 is 0. The fourth-order valence-electron chi connectivity index (χ4n) is 1.55. The first-order valence-electron chi connectivity index (χ1n) is 5.74. The van der Waals surface area contributed by atoms with Gasteiger partial charge in [-0.25, -0.2) is 0 Å². The number of carbonyl (C=O) groups is 2. The lowest BCUT2D eigenvalue weighted by atomic mass is 9.99. The third-order valence-corrected chi connectivity index (χ3v) is 2.52. The molecule has 1 atom stereocenters. The maximum Gasteiger partial charge on any atom is 0.123 e. The van der Waals surface area contributed by atoms with Gasteiger partial charge in [-0.2, -0.15) is 0 Å². The zero-order valence-corrected chi connectivity index (χ0v) is 9.21. The Morgan fingerprint density at radius 1 is 1.00 bits per heavy atom. The first-order valence-corrected chi connectivity index (χ1v) is 5.74. The maximum absolute atomic E-state index is 10.5. The second kappa shape index (κ2) is 10.4. The van der Waals surface area contributed by atoms with Crippen LogP contribution in [0.2, 0.25) is 0 Å². The molecule has 0 bridgehead atoms. The number of hydrogen-bond acceptors (Lipinski definition) is 2. The fraction of sp³-hybridized carbons (Fsp3) is 0.833. The van der Waals surface area contributed by atoms with Crippen molar-refractivity contribution in [1.82, 2.24) is 0 Å². The van der Waals surface area contributed by atoms with Crippen molar-refractivity contribution in [2.45, 2.75) is 58.3 Å². The summed E-state index contributed by atoms with van der Waals surface area (Å²) in [5, 5.41) is 0. The van der Waals surface area contributed by atoms with Gasteiger partial charge in [0.1, 0.15) is 12.6 Å². The average Bonchev–Trinajstić information content (AvgIpc) is 2.21. The van der Waals surface area contributed by atoms with Crippen LogP contribution in [0.5, 0.6) is 0 Å². The molecule has 1 unspecified atom stereocenters. The van der Waals surface area contributed by atoms with Gasteiger partial charge in [0.05, 0.1) is 0 Å². The van der Waals surface area contributed by atoms with Gasteiger partial charge in [0, 0.05) is 12.3 Å². The Bertz CT molecular complexity index is 143. The molecular weight excluding hydrogens is 176 g/mol. The van der Waals surface area contributed by atoms with E-state index in [4.69, 9.17) is 0 Å². The molecule has 82 valence electrons. The van der Waals surface area contributed by atoms with Crippen LogP contribution in [0.15, 0.2) is 0 Å². The SMILES string of the molecule is CCCCCCCCC(C=O)CC=O. The lowest BCUT2D eigenvalue weighted by Gasteiger charge is -2.05. The zero-order valence-electron chi connectivity index (χ0n) is 9.21. The first-order chi connectivity index (χ1) is 6.85. The molecule has 0 aromatic rings. The van der Waals surface area contributed by atoms with Crippen LogP contribution in [0.3, 0.4) is 0 Å². The predicted molar refractivity (Wildman–Crippen MR) is 58.2 cm³/mol.